The van der Waals surface area contributed by atoms with Crippen LogP contribution in [0.4, 0.5) is 0 Å². The minimum Gasteiger partial charge on any atom is -0.396 e. The molecule has 1 aliphatic rings. The summed E-state index contributed by atoms with van der Waals surface area (Å²) in [4.78, 5) is 4.22. The summed E-state index contributed by atoms with van der Waals surface area (Å²) < 4.78 is 5.61. The summed E-state index contributed by atoms with van der Waals surface area (Å²) in [5, 5.41) is 16.1. The second-order valence-electron chi connectivity index (χ2n) is 6.04. The van der Waals surface area contributed by atoms with Gasteiger partial charge in [-0.3, -0.25) is 4.99 Å². The molecule has 0 spiro atoms. The normalized spacial score (nSPS) is 16.2. The van der Waals surface area contributed by atoms with Crippen LogP contribution in [-0.2, 0) is 4.74 Å². The topological polar surface area (TPSA) is 65.9 Å². The molecule has 1 aromatic rings. The molecule has 0 amide bonds. The number of aliphatic hydroxyl groups is 1. The summed E-state index contributed by atoms with van der Waals surface area (Å²) in [6, 6.07) is 10.0. The van der Waals surface area contributed by atoms with Crippen molar-refractivity contribution in [1.29, 1.82) is 0 Å². The molecule has 5 nitrogen and oxygen atoms in total. The fraction of sp³-hybridized carbons (Fsp3) is 0.611. The standard InChI is InChI=1S/C18H29N3O2/c1-19-18(20-10-5-11-23-14-15-8-9-15)21-12-17(13-22)16-6-3-2-4-7-16/h2-4,6-7,15,17,22H,5,8-14H2,1H3,(H2,19,20,21). The van der Waals surface area contributed by atoms with E-state index in [4.69, 9.17) is 4.74 Å². The summed E-state index contributed by atoms with van der Waals surface area (Å²) in [7, 11) is 1.76. The smallest absolute Gasteiger partial charge is 0.191 e. The highest BCUT2D eigenvalue weighted by Crippen LogP contribution is 2.28. The average molecular weight is 319 g/mol. The lowest BCUT2D eigenvalue weighted by Crippen LogP contribution is -2.40. The third-order valence-electron chi connectivity index (χ3n) is 4.04. The van der Waals surface area contributed by atoms with Gasteiger partial charge in [0.15, 0.2) is 5.96 Å². The van der Waals surface area contributed by atoms with Crippen LogP contribution in [0.3, 0.4) is 0 Å². The molecule has 1 fully saturated rings. The van der Waals surface area contributed by atoms with Crippen LogP contribution in [0, 0.1) is 5.92 Å². The van der Waals surface area contributed by atoms with Gasteiger partial charge in [-0.2, -0.15) is 0 Å². The molecule has 2 rings (SSSR count). The molecule has 0 bridgehead atoms. The van der Waals surface area contributed by atoms with E-state index in [0.29, 0.717) is 6.54 Å². The molecule has 0 radical (unpaired) electrons. The van der Waals surface area contributed by atoms with E-state index >= 15 is 0 Å². The number of nitrogens with one attached hydrogen (secondary N) is 2. The number of guanidine groups is 1. The molecule has 0 aliphatic heterocycles. The van der Waals surface area contributed by atoms with E-state index in [2.05, 4.69) is 15.6 Å². The number of rotatable bonds is 10. The van der Waals surface area contributed by atoms with Crippen molar-refractivity contribution in [2.75, 3.05) is 40.0 Å². The molecule has 23 heavy (non-hydrogen) atoms. The van der Waals surface area contributed by atoms with E-state index in [1.54, 1.807) is 7.05 Å². The molecule has 0 heterocycles. The molecule has 5 heteroatoms. The number of ether oxygens (including phenoxy) is 1. The van der Waals surface area contributed by atoms with Gasteiger partial charge in [-0.1, -0.05) is 30.3 Å². The Kier molecular flexibility index (Phi) is 7.90. The Labute approximate surface area is 139 Å². The predicted octanol–water partition coefficient (Wildman–Crippen LogP) is 1.74. The quantitative estimate of drug-likeness (QED) is 0.349. The van der Waals surface area contributed by atoms with E-state index in [9.17, 15) is 5.11 Å². The molecular formula is C18H29N3O2. The highest BCUT2D eigenvalue weighted by molar-refractivity contribution is 5.79. The monoisotopic (exact) mass is 319 g/mol. The first kappa shape index (κ1) is 17.8. The summed E-state index contributed by atoms with van der Waals surface area (Å²) >= 11 is 0. The number of hydrogen-bond acceptors (Lipinski definition) is 3. The Morgan fingerprint density at radius 2 is 2.09 bits per heavy atom. The Bertz CT molecular complexity index is 461. The van der Waals surface area contributed by atoms with E-state index < -0.39 is 0 Å². The molecule has 128 valence electrons. The molecular weight excluding hydrogens is 290 g/mol. The van der Waals surface area contributed by atoms with Gasteiger partial charge in [-0.15, -0.1) is 0 Å². The number of nitrogens with zero attached hydrogens (tertiary/aromatic N) is 1. The van der Waals surface area contributed by atoms with E-state index in [1.807, 2.05) is 30.3 Å². The Hall–Kier alpha value is -1.59. The van der Waals surface area contributed by atoms with Crippen LogP contribution in [-0.4, -0.2) is 51.0 Å². The lowest BCUT2D eigenvalue weighted by atomic mass is 10.0. The zero-order valence-electron chi connectivity index (χ0n) is 14.0. The molecule has 1 atom stereocenters. The van der Waals surface area contributed by atoms with Crippen molar-refractivity contribution in [1.82, 2.24) is 10.6 Å². The van der Waals surface area contributed by atoms with Gasteiger partial charge < -0.3 is 20.5 Å². The Morgan fingerprint density at radius 3 is 2.74 bits per heavy atom. The fourth-order valence-corrected chi connectivity index (χ4v) is 2.37. The summed E-state index contributed by atoms with van der Waals surface area (Å²) in [5.74, 6) is 1.66. The van der Waals surface area contributed by atoms with Crippen LogP contribution < -0.4 is 10.6 Å². The lowest BCUT2D eigenvalue weighted by molar-refractivity contribution is 0.123. The summed E-state index contributed by atoms with van der Waals surface area (Å²) in [6.45, 7) is 3.31. The Balaban J connectivity index is 1.61. The van der Waals surface area contributed by atoms with Crippen molar-refractivity contribution in [3.63, 3.8) is 0 Å². The summed E-state index contributed by atoms with van der Waals surface area (Å²) in [6.07, 6.45) is 3.64. The lowest BCUT2D eigenvalue weighted by Gasteiger charge is -2.18. The van der Waals surface area contributed by atoms with Gasteiger partial charge >= 0.3 is 0 Å². The van der Waals surface area contributed by atoms with Crippen LogP contribution in [0.1, 0.15) is 30.7 Å². The van der Waals surface area contributed by atoms with Crippen LogP contribution in [0.2, 0.25) is 0 Å². The van der Waals surface area contributed by atoms with Crippen molar-refractivity contribution in [2.45, 2.75) is 25.2 Å². The Morgan fingerprint density at radius 1 is 1.30 bits per heavy atom. The van der Waals surface area contributed by atoms with Crippen LogP contribution in [0.15, 0.2) is 35.3 Å². The van der Waals surface area contributed by atoms with Gasteiger partial charge in [0.1, 0.15) is 0 Å². The van der Waals surface area contributed by atoms with E-state index in [-0.39, 0.29) is 12.5 Å². The summed E-state index contributed by atoms with van der Waals surface area (Å²) in [5.41, 5.74) is 1.13. The molecule has 1 unspecified atom stereocenters. The maximum atomic E-state index is 9.57. The molecule has 1 aromatic carbocycles. The maximum absolute atomic E-state index is 9.57. The van der Waals surface area contributed by atoms with Crippen molar-refractivity contribution in [3.05, 3.63) is 35.9 Å². The fourth-order valence-electron chi connectivity index (χ4n) is 2.37. The molecule has 0 aromatic heterocycles. The first-order valence-electron chi connectivity index (χ1n) is 8.51. The first-order valence-corrected chi connectivity index (χ1v) is 8.51. The molecule has 0 saturated heterocycles. The van der Waals surface area contributed by atoms with Gasteiger partial charge in [0.2, 0.25) is 0 Å². The number of hydrogen-bond donors (Lipinski definition) is 3. The number of benzene rings is 1. The van der Waals surface area contributed by atoms with Crippen molar-refractivity contribution in [3.8, 4) is 0 Å². The minimum atomic E-state index is 0.0663. The molecule has 3 N–H and O–H groups in total. The van der Waals surface area contributed by atoms with Crippen LogP contribution in [0.5, 0.6) is 0 Å². The molecule has 1 saturated carbocycles. The van der Waals surface area contributed by atoms with E-state index in [1.165, 1.54) is 12.8 Å². The molecule has 1 aliphatic carbocycles. The largest absolute Gasteiger partial charge is 0.396 e. The first-order chi connectivity index (χ1) is 11.3. The number of aliphatic hydroxyl groups excluding tert-OH is 1. The van der Waals surface area contributed by atoms with Crippen LogP contribution >= 0.6 is 0 Å². The highest BCUT2D eigenvalue weighted by Gasteiger charge is 2.20. The van der Waals surface area contributed by atoms with Crippen molar-refractivity contribution < 1.29 is 9.84 Å². The maximum Gasteiger partial charge on any atom is 0.191 e. The average Bonchev–Trinajstić information content (AvgIpc) is 3.41. The number of aliphatic imine (C=N–C) groups is 1. The zero-order chi connectivity index (χ0) is 16.3. The van der Waals surface area contributed by atoms with Crippen LogP contribution in [0.25, 0.3) is 0 Å². The van der Waals surface area contributed by atoms with Gasteiger partial charge in [0, 0.05) is 39.3 Å². The zero-order valence-corrected chi connectivity index (χ0v) is 14.0. The third-order valence-corrected chi connectivity index (χ3v) is 4.04. The predicted molar refractivity (Wildman–Crippen MR) is 93.8 cm³/mol. The van der Waals surface area contributed by atoms with Gasteiger partial charge in [-0.05, 0) is 30.7 Å². The van der Waals surface area contributed by atoms with Crippen molar-refractivity contribution >= 4 is 5.96 Å². The second kappa shape index (κ2) is 10.2. The highest BCUT2D eigenvalue weighted by atomic mass is 16.5. The second-order valence-corrected chi connectivity index (χ2v) is 6.04. The SMILES string of the molecule is CN=C(NCCCOCC1CC1)NCC(CO)c1ccccc1. The van der Waals surface area contributed by atoms with Gasteiger partial charge in [-0.25, -0.2) is 0 Å². The minimum absolute atomic E-state index is 0.0663. The van der Waals surface area contributed by atoms with Gasteiger partial charge in [0.25, 0.3) is 0 Å². The third kappa shape index (κ3) is 7.01. The van der Waals surface area contributed by atoms with E-state index in [0.717, 1.165) is 43.6 Å². The van der Waals surface area contributed by atoms with Gasteiger partial charge in [0.05, 0.1) is 6.61 Å². The van der Waals surface area contributed by atoms with Crippen molar-refractivity contribution in [2.24, 2.45) is 10.9 Å².